The topological polar surface area (TPSA) is 89.9 Å². The van der Waals surface area contributed by atoms with Gasteiger partial charge in [-0.1, -0.05) is 13.8 Å². The summed E-state index contributed by atoms with van der Waals surface area (Å²) in [6.07, 6.45) is 0.370. The van der Waals surface area contributed by atoms with E-state index in [0.29, 0.717) is 6.42 Å². The van der Waals surface area contributed by atoms with Crippen LogP contribution in [0.15, 0.2) is 0 Å². The molecule has 0 aliphatic rings. The molecular weight excluding hydrogens is 236 g/mol. The van der Waals surface area contributed by atoms with Crippen molar-refractivity contribution in [3.8, 4) is 0 Å². The number of aliphatic hydroxyl groups excluding tert-OH is 1. The molecule has 0 spiro atoms. The molecule has 0 saturated heterocycles. The molecule has 1 atom stereocenters. The molecule has 106 valence electrons. The number of nitrogens with one attached hydrogen (secondary N) is 1. The first-order chi connectivity index (χ1) is 8.11. The fourth-order valence-corrected chi connectivity index (χ4v) is 1.32. The van der Waals surface area contributed by atoms with Crippen molar-refractivity contribution in [1.29, 1.82) is 0 Å². The standard InChI is InChI=1S/C12H24N2O4/c1-8(2)6-9(10(16)17)13-11(18)14(5)12(3,4)7-15/h8-9,15H,6-7H2,1-5H3,(H,13,18)(H,16,17)/t9-/m0/s1. The zero-order valence-electron chi connectivity index (χ0n) is 11.7. The van der Waals surface area contributed by atoms with Crippen LogP contribution >= 0.6 is 0 Å². The van der Waals surface area contributed by atoms with E-state index < -0.39 is 23.6 Å². The van der Waals surface area contributed by atoms with E-state index in [1.807, 2.05) is 13.8 Å². The molecule has 0 radical (unpaired) electrons. The first-order valence-electron chi connectivity index (χ1n) is 5.99. The molecule has 0 aliphatic heterocycles. The van der Waals surface area contributed by atoms with Crippen LogP contribution in [0.5, 0.6) is 0 Å². The molecule has 6 nitrogen and oxygen atoms in total. The highest BCUT2D eigenvalue weighted by molar-refractivity contribution is 5.82. The monoisotopic (exact) mass is 260 g/mol. The maximum atomic E-state index is 11.9. The summed E-state index contributed by atoms with van der Waals surface area (Å²) in [6, 6.07) is -1.41. The van der Waals surface area contributed by atoms with Crippen LogP contribution in [0.25, 0.3) is 0 Å². The number of nitrogens with zero attached hydrogens (tertiary/aromatic N) is 1. The molecule has 0 unspecified atom stereocenters. The van der Waals surface area contributed by atoms with Gasteiger partial charge < -0.3 is 20.4 Å². The normalized spacial score (nSPS) is 13.3. The van der Waals surface area contributed by atoms with Crippen LogP contribution in [0.3, 0.4) is 0 Å². The Bertz CT molecular complexity index is 302. The third kappa shape index (κ3) is 4.91. The van der Waals surface area contributed by atoms with Crippen LogP contribution in [-0.2, 0) is 4.79 Å². The smallest absolute Gasteiger partial charge is 0.326 e. The van der Waals surface area contributed by atoms with Crippen molar-refractivity contribution in [2.24, 2.45) is 5.92 Å². The Hall–Kier alpha value is -1.30. The molecule has 0 saturated carbocycles. The minimum atomic E-state index is -1.05. The molecule has 0 aromatic heterocycles. The number of urea groups is 1. The lowest BCUT2D eigenvalue weighted by atomic mass is 10.0. The maximum Gasteiger partial charge on any atom is 0.326 e. The number of carboxylic acids is 1. The lowest BCUT2D eigenvalue weighted by Crippen LogP contribution is -2.55. The lowest BCUT2D eigenvalue weighted by Gasteiger charge is -2.34. The van der Waals surface area contributed by atoms with Gasteiger partial charge >= 0.3 is 12.0 Å². The maximum absolute atomic E-state index is 11.9. The fraction of sp³-hybridized carbons (Fsp3) is 0.833. The Morgan fingerprint density at radius 1 is 1.33 bits per heavy atom. The second kappa shape index (κ2) is 6.58. The van der Waals surface area contributed by atoms with Crippen LogP contribution < -0.4 is 5.32 Å². The highest BCUT2D eigenvalue weighted by Gasteiger charge is 2.29. The predicted molar refractivity (Wildman–Crippen MR) is 68.3 cm³/mol. The van der Waals surface area contributed by atoms with Crippen LogP contribution in [0, 0.1) is 5.92 Å². The molecule has 0 rings (SSSR count). The van der Waals surface area contributed by atoms with Crippen molar-refractivity contribution >= 4 is 12.0 Å². The number of likely N-dealkylation sites (N-methyl/N-ethyl adjacent to an activating group) is 1. The van der Waals surface area contributed by atoms with Crippen molar-refractivity contribution in [3.05, 3.63) is 0 Å². The van der Waals surface area contributed by atoms with Gasteiger partial charge in [0.2, 0.25) is 0 Å². The number of carbonyl (C=O) groups is 2. The Morgan fingerprint density at radius 3 is 2.17 bits per heavy atom. The van der Waals surface area contributed by atoms with Crippen molar-refractivity contribution in [2.45, 2.75) is 45.7 Å². The van der Waals surface area contributed by atoms with Crippen molar-refractivity contribution in [2.75, 3.05) is 13.7 Å². The van der Waals surface area contributed by atoms with E-state index in [1.165, 1.54) is 11.9 Å². The first-order valence-corrected chi connectivity index (χ1v) is 5.99. The summed E-state index contributed by atoms with van der Waals surface area (Å²) in [6.45, 7) is 6.99. The molecule has 18 heavy (non-hydrogen) atoms. The summed E-state index contributed by atoms with van der Waals surface area (Å²) in [5.41, 5.74) is -0.731. The third-order valence-corrected chi connectivity index (χ3v) is 2.90. The van der Waals surface area contributed by atoms with Crippen LogP contribution in [0.4, 0.5) is 4.79 Å². The third-order valence-electron chi connectivity index (χ3n) is 2.90. The Morgan fingerprint density at radius 2 is 1.83 bits per heavy atom. The molecule has 0 aliphatic carbocycles. The van der Waals surface area contributed by atoms with Gasteiger partial charge in [-0.2, -0.15) is 0 Å². The number of hydrogen-bond acceptors (Lipinski definition) is 3. The molecule has 0 fully saturated rings. The minimum absolute atomic E-state index is 0.169. The Kier molecular flexibility index (Phi) is 6.11. The highest BCUT2D eigenvalue weighted by Crippen LogP contribution is 2.12. The van der Waals surface area contributed by atoms with Gasteiger partial charge in [0.15, 0.2) is 0 Å². The largest absolute Gasteiger partial charge is 0.480 e. The summed E-state index contributed by atoms with van der Waals surface area (Å²) < 4.78 is 0. The van der Waals surface area contributed by atoms with E-state index in [0.717, 1.165) is 0 Å². The van der Waals surface area contributed by atoms with Gasteiger partial charge in [0.25, 0.3) is 0 Å². The van der Waals surface area contributed by atoms with Gasteiger partial charge in [-0.25, -0.2) is 9.59 Å². The fourth-order valence-electron chi connectivity index (χ4n) is 1.32. The molecular formula is C12H24N2O4. The van der Waals surface area contributed by atoms with Crippen LogP contribution in [0.2, 0.25) is 0 Å². The molecule has 2 amide bonds. The summed E-state index contributed by atoms with van der Waals surface area (Å²) >= 11 is 0. The summed E-state index contributed by atoms with van der Waals surface area (Å²) in [5.74, 6) is -0.880. The Balaban J connectivity index is 4.65. The van der Waals surface area contributed by atoms with Crippen molar-refractivity contribution in [3.63, 3.8) is 0 Å². The second-order valence-electron chi connectivity index (χ2n) is 5.50. The summed E-state index contributed by atoms with van der Waals surface area (Å²) in [7, 11) is 1.53. The molecule has 3 N–H and O–H groups in total. The van der Waals surface area contributed by atoms with E-state index in [1.54, 1.807) is 13.8 Å². The number of amides is 2. The number of aliphatic carboxylic acids is 1. The second-order valence-corrected chi connectivity index (χ2v) is 5.50. The van der Waals surface area contributed by atoms with Gasteiger partial charge in [0.05, 0.1) is 12.1 Å². The molecule has 0 bridgehead atoms. The van der Waals surface area contributed by atoms with Crippen LogP contribution in [0.1, 0.15) is 34.1 Å². The summed E-state index contributed by atoms with van der Waals surface area (Å²) in [4.78, 5) is 24.2. The summed E-state index contributed by atoms with van der Waals surface area (Å²) in [5, 5.41) is 20.7. The highest BCUT2D eigenvalue weighted by atomic mass is 16.4. The number of aliphatic hydroxyl groups is 1. The van der Waals surface area contributed by atoms with E-state index >= 15 is 0 Å². The zero-order valence-corrected chi connectivity index (χ0v) is 11.7. The Labute approximate surface area is 108 Å². The van der Waals surface area contributed by atoms with Gasteiger partial charge in [-0.05, 0) is 26.2 Å². The van der Waals surface area contributed by atoms with Crippen molar-refractivity contribution in [1.82, 2.24) is 10.2 Å². The SMILES string of the molecule is CC(C)C[C@H](NC(=O)N(C)C(C)(C)CO)C(=O)O. The van der Waals surface area contributed by atoms with Crippen LogP contribution in [-0.4, -0.2) is 52.3 Å². The molecule has 6 heteroatoms. The number of carbonyl (C=O) groups excluding carboxylic acids is 1. The molecule has 0 heterocycles. The lowest BCUT2D eigenvalue weighted by molar-refractivity contribution is -0.139. The number of rotatable bonds is 6. The van der Waals surface area contributed by atoms with Gasteiger partial charge in [0, 0.05) is 7.05 Å². The van der Waals surface area contributed by atoms with Gasteiger partial charge in [-0.15, -0.1) is 0 Å². The van der Waals surface area contributed by atoms with E-state index in [-0.39, 0.29) is 12.5 Å². The molecule has 0 aromatic carbocycles. The van der Waals surface area contributed by atoms with Crippen molar-refractivity contribution < 1.29 is 19.8 Å². The zero-order chi connectivity index (χ0) is 14.5. The van der Waals surface area contributed by atoms with Gasteiger partial charge in [-0.3, -0.25) is 0 Å². The molecule has 0 aromatic rings. The quantitative estimate of drug-likeness (QED) is 0.662. The van der Waals surface area contributed by atoms with E-state index in [2.05, 4.69) is 5.32 Å². The average Bonchev–Trinajstić information content (AvgIpc) is 2.26. The number of hydrogen-bond donors (Lipinski definition) is 3. The predicted octanol–water partition coefficient (Wildman–Crippen LogP) is 0.898. The number of carboxylic acid groups (broad SMARTS) is 1. The minimum Gasteiger partial charge on any atom is -0.480 e. The van der Waals surface area contributed by atoms with E-state index in [9.17, 15) is 9.59 Å². The first kappa shape index (κ1) is 16.7. The average molecular weight is 260 g/mol. The van der Waals surface area contributed by atoms with E-state index in [4.69, 9.17) is 10.2 Å². The van der Waals surface area contributed by atoms with Gasteiger partial charge in [0.1, 0.15) is 6.04 Å².